The van der Waals surface area contributed by atoms with E-state index < -0.39 is 11.9 Å². The second kappa shape index (κ2) is 4.68. The highest BCUT2D eigenvalue weighted by molar-refractivity contribution is 6.30. The smallest absolute Gasteiger partial charge is 0.407 e. The van der Waals surface area contributed by atoms with Crippen molar-refractivity contribution in [3.63, 3.8) is 0 Å². The molecule has 1 aromatic rings. The molecular weight excluding hydrogens is 244 g/mol. The van der Waals surface area contributed by atoms with Crippen molar-refractivity contribution >= 4 is 30.1 Å². The van der Waals surface area contributed by atoms with Gasteiger partial charge in [-0.2, -0.15) is 0 Å². The number of hydrogen-bond donors (Lipinski definition) is 1. The fourth-order valence-electron chi connectivity index (χ4n) is 1.29. The van der Waals surface area contributed by atoms with E-state index >= 15 is 0 Å². The Balaban J connectivity index is 0.00000112. The van der Waals surface area contributed by atoms with E-state index in [9.17, 15) is 9.18 Å². The number of rotatable bonds is 1. The van der Waals surface area contributed by atoms with Crippen molar-refractivity contribution in [1.82, 2.24) is 5.32 Å². The molecule has 1 saturated heterocycles. The molecule has 3 nitrogen and oxygen atoms in total. The average molecular weight is 252 g/mol. The molecule has 0 unspecified atom stereocenters. The van der Waals surface area contributed by atoms with Crippen LogP contribution in [0.15, 0.2) is 18.2 Å². The molecule has 1 fully saturated rings. The molecule has 82 valence electrons. The van der Waals surface area contributed by atoms with Crippen LogP contribution in [0.5, 0.6) is 0 Å². The minimum atomic E-state index is -0.472. The lowest BCUT2D eigenvalue weighted by molar-refractivity contribution is 0.177. The standard InChI is InChI=1S/C9H7ClFNO2.ClH/c10-6-3-5(1-2-7(6)11)8-4-14-9(13)12-8;/h1-3,8H,4H2,(H,12,13);1H/t8-;/m0./s1. The summed E-state index contributed by atoms with van der Waals surface area (Å²) in [5, 5.41) is 2.62. The first-order chi connectivity index (χ1) is 6.66. The summed E-state index contributed by atoms with van der Waals surface area (Å²) in [6.45, 7) is 0.251. The molecule has 1 atom stereocenters. The summed E-state index contributed by atoms with van der Waals surface area (Å²) in [6.07, 6.45) is -0.463. The lowest BCUT2D eigenvalue weighted by Gasteiger charge is -2.07. The molecule has 1 aliphatic heterocycles. The lowest BCUT2D eigenvalue weighted by atomic mass is 10.1. The number of nitrogens with one attached hydrogen (secondary N) is 1. The Morgan fingerprint density at radius 2 is 2.27 bits per heavy atom. The van der Waals surface area contributed by atoms with Crippen molar-refractivity contribution in [2.24, 2.45) is 0 Å². The number of halogens is 3. The first-order valence-corrected chi connectivity index (χ1v) is 4.43. The van der Waals surface area contributed by atoms with Crippen LogP contribution in [-0.4, -0.2) is 12.7 Å². The van der Waals surface area contributed by atoms with Crippen LogP contribution in [0.25, 0.3) is 0 Å². The number of carbonyl (C=O) groups is 1. The quantitative estimate of drug-likeness (QED) is 0.834. The molecule has 2 rings (SSSR count). The zero-order chi connectivity index (χ0) is 10.1. The molecule has 0 bridgehead atoms. The summed E-state index contributed by atoms with van der Waals surface area (Å²) in [6, 6.07) is 4.08. The minimum Gasteiger partial charge on any atom is -0.447 e. The summed E-state index contributed by atoms with van der Waals surface area (Å²) >= 11 is 5.60. The van der Waals surface area contributed by atoms with E-state index in [0.29, 0.717) is 0 Å². The van der Waals surface area contributed by atoms with Gasteiger partial charge in [0.15, 0.2) is 0 Å². The van der Waals surface area contributed by atoms with Crippen LogP contribution in [0.2, 0.25) is 5.02 Å². The fraction of sp³-hybridized carbons (Fsp3) is 0.222. The molecule has 1 aliphatic rings. The highest BCUT2D eigenvalue weighted by Gasteiger charge is 2.24. The first-order valence-electron chi connectivity index (χ1n) is 4.05. The average Bonchev–Trinajstić information content (AvgIpc) is 2.57. The predicted molar refractivity (Wildman–Crippen MR) is 55.9 cm³/mol. The van der Waals surface area contributed by atoms with Gasteiger partial charge in [-0.3, -0.25) is 0 Å². The maximum atomic E-state index is 12.8. The van der Waals surface area contributed by atoms with Crippen molar-refractivity contribution in [2.75, 3.05) is 6.61 Å². The number of benzene rings is 1. The summed E-state index contributed by atoms with van der Waals surface area (Å²) in [7, 11) is 0. The van der Waals surface area contributed by atoms with Gasteiger partial charge in [-0.1, -0.05) is 17.7 Å². The third-order valence-electron chi connectivity index (χ3n) is 2.02. The van der Waals surface area contributed by atoms with Crippen LogP contribution in [0.4, 0.5) is 9.18 Å². The van der Waals surface area contributed by atoms with E-state index in [4.69, 9.17) is 16.3 Å². The molecule has 0 aliphatic carbocycles. The topological polar surface area (TPSA) is 38.3 Å². The zero-order valence-electron chi connectivity index (χ0n) is 7.50. The van der Waals surface area contributed by atoms with Gasteiger partial charge in [-0.05, 0) is 17.7 Å². The molecule has 0 spiro atoms. The van der Waals surface area contributed by atoms with E-state index in [-0.39, 0.29) is 30.1 Å². The SMILES string of the molecule is Cl.O=C1N[C@H](c2ccc(F)c(Cl)c2)CO1. The molecule has 1 amide bonds. The van der Waals surface area contributed by atoms with Gasteiger partial charge < -0.3 is 10.1 Å². The molecule has 0 saturated carbocycles. The molecule has 6 heteroatoms. The largest absolute Gasteiger partial charge is 0.447 e. The van der Waals surface area contributed by atoms with E-state index in [1.165, 1.54) is 12.1 Å². The predicted octanol–water partition coefficient (Wildman–Crippen LogP) is 2.68. The fourth-order valence-corrected chi connectivity index (χ4v) is 1.48. The molecule has 1 aromatic carbocycles. The van der Waals surface area contributed by atoms with Crippen molar-refractivity contribution < 1.29 is 13.9 Å². The Hall–Kier alpha value is -1.00. The van der Waals surface area contributed by atoms with Crippen LogP contribution in [0.1, 0.15) is 11.6 Å². The van der Waals surface area contributed by atoms with Crippen molar-refractivity contribution in [3.8, 4) is 0 Å². The summed E-state index contributed by atoms with van der Waals surface area (Å²) in [5.41, 5.74) is 0.738. The number of carbonyl (C=O) groups excluding carboxylic acids is 1. The normalized spacial score (nSPS) is 19.1. The monoisotopic (exact) mass is 251 g/mol. The second-order valence-corrected chi connectivity index (χ2v) is 3.38. The maximum absolute atomic E-state index is 12.8. The number of hydrogen-bond acceptors (Lipinski definition) is 2. The maximum Gasteiger partial charge on any atom is 0.407 e. The summed E-state index contributed by atoms with van der Waals surface area (Å²) < 4.78 is 17.5. The Morgan fingerprint density at radius 3 is 2.80 bits per heavy atom. The van der Waals surface area contributed by atoms with E-state index in [1.807, 2.05) is 0 Å². The Labute approximate surface area is 97.0 Å². The Kier molecular flexibility index (Phi) is 3.77. The number of amides is 1. The highest BCUT2D eigenvalue weighted by Crippen LogP contribution is 2.23. The molecule has 0 aromatic heterocycles. The van der Waals surface area contributed by atoms with Crippen LogP contribution < -0.4 is 5.32 Å². The van der Waals surface area contributed by atoms with Gasteiger partial charge in [0.05, 0.1) is 11.1 Å². The highest BCUT2D eigenvalue weighted by atomic mass is 35.5. The minimum absolute atomic E-state index is 0. The molecule has 15 heavy (non-hydrogen) atoms. The van der Waals surface area contributed by atoms with Crippen molar-refractivity contribution in [1.29, 1.82) is 0 Å². The lowest BCUT2D eigenvalue weighted by Crippen LogP contribution is -2.18. The van der Waals surface area contributed by atoms with Gasteiger partial charge in [0.2, 0.25) is 0 Å². The third-order valence-corrected chi connectivity index (χ3v) is 2.31. The Bertz CT molecular complexity index is 386. The van der Waals surface area contributed by atoms with Gasteiger partial charge in [0, 0.05) is 0 Å². The van der Waals surface area contributed by atoms with Crippen LogP contribution in [-0.2, 0) is 4.74 Å². The van der Waals surface area contributed by atoms with Crippen molar-refractivity contribution in [3.05, 3.63) is 34.6 Å². The van der Waals surface area contributed by atoms with Gasteiger partial charge in [0.25, 0.3) is 0 Å². The zero-order valence-corrected chi connectivity index (χ0v) is 9.07. The van der Waals surface area contributed by atoms with Crippen LogP contribution in [0, 0.1) is 5.82 Å². The molecular formula is C9H8Cl2FNO2. The molecule has 1 N–H and O–H groups in total. The summed E-state index contributed by atoms with van der Waals surface area (Å²) in [4.78, 5) is 10.7. The molecule has 1 heterocycles. The van der Waals surface area contributed by atoms with Crippen molar-refractivity contribution in [2.45, 2.75) is 6.04 Å². The number of ether oxygens (including phenoxy) is 1. The Morgan fingerprint density at radius 1 is 1.53 bits per heavy atom. The third kappa shape index (κ3) is 2.52. The van der Waals surface area contributed by atoms with Gasteiger partial charge >= 0.3 is 6.09 Å². The van der Waals surface area contributed by atoms with Gasteiger partial charge in [0.1, 0.15) is 12.4 Å². The van der Waals surface area contributed by atoms with Gasteiger partial charge in [-0.15, -0.1) is 12.4 Å². The van der Waals surface area contributed by atoms with Crippen LogP contribution in [0.3, 0.4) is 0 Å². The van der Waals surface area contributed by atoms with E-state index in [0.717, 1.165) is 5.56 Å². The second-order valence-electron chi connectivity index (χ2n) is 2.97. The molecule has 0 radical (unpaired) electrons. The van der Waals surface area contributed by atoms with Crippen LogP contribution >= 0.6 is 24.0 Å². The summed E-state index contributed by atoms with van der Waals surface area (Å²) in [5.74, 6) is -0.472. The van der Waals surface area contributed by atoms with Gasteiger partial charge in [-0.25, -0.2) is 9.18 Å². The number of alkyl carbamates (subject to hydrolysis) is 1. The van der Waals surface area contributed by atoms with E-state index in [1.54, 1.807) is 6.07 Å². The first kappa shape index (κ1) is 12.1. The number of cyclic esters (lactones) is 1. The van der Waals surface area contributed by atoms with E-state index in [2.05, 4.69) is 5.32 Å².